The Morgan fingerprint density at radius 3 is 2.39 bits per heavy atom. The lowest BCUT2D eigenvalue weighted by molar-refractivity contribution is 0.0994. The number of thiophene rings is 1. The van der Waals surface area contributed by atoms with Gasteiger partial charge in [-0.25, -0.2) is 0 Å². The first-order valence-electron chi connectivity index (χ1n) is 8.99. The maximum Gasteiger partial charge on any atom is 0.192 e. The van der Waals surface area contributed by atoms with Crippen LogP contribution < -0.4 is 0 Å². The third kappa shape index (κ3) is 4.08. The average Bonchev–Trinajstić information content (AvgIpc) is 3.39. The first kappa shape index (κ1) is 18.7. The van der Waals surface area contributed by atoms with Crippen molar-refractivity contribution < 1.29 is 4.79 Å². The normalized spacial score (nSPS) is 12.0. The Labute approximate surface area is 172 Å². The molecule has 0 fully saturated rings. The zero-order chi connectivity index (χ0) is 19.3. The van der Waals surface area contributed by atoms with Gasteiger partial charge in [-0.05, 0) is 23.9 Å². The fourth-order valence-electron chi connectivity index (χ4n) is 2.92. The number of nitrogens with zero attached hydrogens (tertiary/aromatic N) is 3. The van der Waals surface area contributed by atoms with Crippen molar-refractivity contribution in [2.75, 3.05) is 0 Å². The summed E-state index contributed by atoms with van der Waals surface area (Å²) >= 11 is 3.09. The van der Waals surface area contributed by atoms with Gasteiger partial charge in [0.05, 0.1) is 16.7 Å². The highest BCUT2D eigenvalue weighted by atomic mass is 32.2. The highest BCUT2D eigenvalue weighted by molar-refractivity contribution is 8.00. The van der Waals surface area contributed by atoms with Crippen LogP contribution >= 0.6 is 23.1 Å². The van der Waals surface area contributed by atoms with Crippen LogP contribution in [-0.2, 0) is 6.54 Å². The van der Waals surface area contributed by atoms with Gasteiger partial charge in [0.15, 0.2) is 16.8 Å². The number of carbonyl (C=O) groups excluding carboxylic acids is 1. The van der Waals surface area contributed by atoms with Crippen molar-refractivity contribution >= 4 is 28.9 Å². The molecule has 0 amide bonds. The van der Waals surface area contributed by atoms with Gasteiger partial charge in [0.25, 0.3) is 0 Å². The molecule has 2 heterocycles. The molecule has 4 nitrogen and oxygen atoms in total. The van der Waals surface area contributed by atoms with Crippen molar-refractivity contribution in [3.8, 4) is 10.7 Å². The maximum atomic E-state index is 12.8. The molecular weight excluding hydrogens is 386 g/mol. The van der Waals surface area contributed by atoms with E-state index in [9.17, 15) is 4.79 Å². The highest BCUT2D eigenvalue weighted by Gasteiger charge is 2.22. The third-order valence-electron chi connectivity index (χ3n) is 4.35. The minimum absolute atomic E-state index is 0.0949. The van der Waals surface area contributed by atoms with E-state index in [2.05, 4.69) is 26.9 Å². The van der Waals surface area contributed by atoms with Gasteiger partial charge < -0.3 is 0 Å². The summed E-state index contributed by atoms with van der Waals surface area (Å²) in [5.41, 5.74) is 1.89. The number of rotatable bonds is 7. The zero-order valence-corrected chi connectivity index (χ0v) is 17.0. The van der Waals surface area contributed by atoms with E-state index in [1.807, 2.05) is 73.0 Å². The number of hydrogen-bond acceptors (Lipinski definition) is 5. The minimum atomic E-state index is -0.252. The second-order valence-electron chi connectivity index (χ2n) is 6.35. The molecule has 0 spiro atoms. The van der Waals surface area contributed by atoms with E-state index < -0.39 is 0 Å². The predicted molar refractivity (Wildman–Crippen MR) is 115 cm³/mol. The molecule has 0 saturated heterocycles. The van der Waals surface area contributed by atoms with Gasteiger partial charge in [0, 0.05) is 5.56 Å². The molecule has 0 aliphatic rings. The Morgan fingerprint density at radius 1 is 1.00 bits per heavy atom. The Bertz CT molecular complexity index is 1040. The largest absolute Gasteiger partial charge is 0.297 e. The van der Waals surface area contributed by atoms with Crippen LogP contribution in [0, 0.1) is 0 Å². The topological polar surface area (TPSA) is 47.8 Å². The lowest BCUT2D eigenvalue weighted by atomic mass is 10.1. The molecule has 2 aromatic heterocycles. The zero-order valence-electron chi connectivity index (χ0n) is 15.4. The molecule has 28 heavy (non-hydrogen) atoms. The van der Waals surface area contributed by atoms with Crippen molar-refractivity contribution in [2.24, 2.45) is 0 Å². The van der Waals surface area contributed by atoms with E-state index >= 15 is 0 Å². The van der Waals surface area contributed by atoms with Crippen LogP contribution in [0.15, 0.2) is 83.3 Å². The number of hydrogen-bond donors (Lipinski definition) is 0. The summed E-state index contributed by atoms with van der Waals surface area (Å²) in [5, 5.41) is 11.4. The van der Waals surface area contributed by atoms with Crippen LogP contribution in [0.4, 0.5) is 0 Å². The summed E-state index contributed by atoms with van der Waals surface area (Å²) in [4.78, 5) is 13.8. The van der Waals surface area contributed by atoms with Gasteiger partial charge in [-0.2, -0.15) is 0 Å². The Hall–Kier alpha value is -2.70. The van der Waals surface area contributed by atoms with Gasteiger partial charge in [0.1, 0.15) is 0 Å². The Morgan fingerprint density at radius 2 is 1.71 bits per heavy atom. The van der Waals surface area contributed by atoms with Gasteiger partial charge in [-0.3, -0.25) is 9.36 Å². The van der Waals surface area contributed by atoms with Crippen molar-refractivity contribution in [2.45, 2.75) is 23.9 Å². The van der Waals surface area contributed by atoms with Crippen LogP contribution in [0.25, 0.3) is 10.7 Å². The average molecular weight is 406 g/mol. The molecule has 140 valence electrons. The van der Waals surface area contributed by atoms with Gasteiger partial charge >= 0.3 is 0 Å². The number of thioether (sulfide) groups is 1. The van der Waals surface area contributed by atoms with Crippen LogP contribution in [0.2, 0.25) is 0 Å². The first-order valence-corrected chi connectivity index (χ1v) is 10.8. The standard InChI is InChI=1S/C22H19N3OS2/c1-16(20(26)18-11-6-3-7-12-18)28-22-24-23-21(19-13-8-14-27-19)25(22)15-17-9-4-2-5-10-17/h2-14,16H,15H2,1H3. The highest BCUT2D eigenvalue weighted by Crippen LogP contribution is 2.30. The van der Waals surface area contributed by atoms with E-state index in [-0.39, 0.29) is 11.0 Å². The number of carbonyl (C=O) groups is 1. The number of Topliss-reactive ketones (excluding diaryl/α,β-unsaturated/α-hetero) is 1. The first-order chi connectivity index (χ1) is 13.7. The van der Waals surface area contributed by atoms with Crippen molar-refractivity contribution in [1.82, 2.24) is 14.8 Å². The van der Waals surface area contributed by atoms with Gasteiger partial charge in [-0.1, -0.05) is 78.5 Å². The van der Waals surface area contributed by atoms with Crippen LogP contribution in [0.3, 0.4) is 0 Å². The quantitative estimate of drug-likeness (QED) is 0.304. The van der Waals surface area contributed by atoms with Crippen LogP contribution in [0.1, 0.15) is 22.8 Å². The summed E-state index contributed by atoms with van der Waals surface area (Å²) in [6.07, 6.45) is 0. The number of benzene rings is 2. The summed E-state index contributed by atoms with van der Waals surface area (Å²) in [7, 11) is 0. The molecule has 2 aromatic carbocycles. The second-order valence-corrected chi connectivity index (χ2v) is 8.60. The Balaban J connectivity index is 1.64. The molecular formula is C22H19N3OS2. The van der Waals surface area contributed by atoms with E-state index in [0.29, 0.717) is 6.54 Å². The van der Waals surface area contributed by atoms with Crippen molar-refractivity contribution in [3.63, 3.8) is 0 Å². The summed E-state index contributed by atoms with van der Waals surface area (Å²) < 4.78 is 2.10. The number of ketones is 1. The third-order valence-corrected chi connectivity index (χ3v) is 6.30. The molecule has 0 aliphatic heterocycles. The van der Waals surface area contributed by atoms with Crippen LogP contribution in [0.5, 0.6) is 0 Å². The fraction of sp³-hybridized carbons (Fsp3) is 0.136. The lowest BCUT2D eigenvalue weighted by Crippen LogP contribution is -2.15. The van der Waals surface area contributed by atoms with E-state index in [1.54, 1.807) is 11.3 Å². The summed E-state index contributed by atoms with van der Waals surface area (Å²) in [6, 6.07) is 23.7. The molecule has 0 saturated carbocycles. The second kappa shape index (κ2) is 8.54. The fourth-order valence-corrected chi connectivity index (χ4v) is 4.56. The summed E-state index contributed by atoms with van der Waals surface area (Å²) in [5.74, 6) is 0.929. The smallest absolute Gasteiger partial charge is 0.192 e. The minimum Gasteiger partial charge on any atom is -0.297 e. The molecule has 0 aliphatic carbocycles. The van der Waals surface area contributed by atoms with E-state index in [1.165, 1.54) is 17.3 Å². The maximum absolute atomic E-state index is 12.8. The molecule has 1 atom stereocenters. The molecule has 6 heteroatoms. The van der Waals surface area contributed by atoms with Gasteiger partial charge in [-0.15, -0.1) is 21.5 Å². The van der Waals surface area contributed by atoms with E-state index in [0.717, 1.165) is 21.4 Å². The molecule has 0 radical (unpaired) electrons. The van der Waals surface area contributed by atoms with E-state index in [4.69, 9.17) is 0 Å². The molecule has 0 bridgehead atoms. The SMILES string of the molecule is CC(Sc1nnc(-c2cccs2)n1Cc1ccccc1)C(=O)c1ccccc1. The van der Waals surface area contributed by atoms with Gasteiger partial charge in [0.2, 0.25) is 0 Å². The predicted octanol–water partition coefficient (Wildman–Crippen LogP) is 5.42. The molecule has 4 rings (SSSR count). The van der Waals surface area contributed by atoms with Crippen molar-refractivity contribution in [3.05, 3.63) is 89.3 Å². The van der Waals surface area contributed by atoms with Crippen molar-refractivity contribution in [1.29, 1.82) is 0 Å². The molecule has 1 unspecified atom stereocenters. The molecule has 0 N–H and O–H groups in total. The lowest BCUT2D eigenvalue weighted by Gasteiger charge is -2.13. The number of aromatic nitrogens is 3. The monoisotopic (exact) mass is 405 g/mol. The van der Waals surface area contributed by atoms with Crippen LogP contribution in [-0.4, -0.2) is 25.8 Å². The Kier molecular flexibility index (Phi) is 5.69. The molecule has 4 aromatic rings. The summed E-state index contributed by atoms with van der Waals surface area (Å²) in [6.45, 7) is 2.59.